The molecule has 0 aliphatic heterocycles. The maximum Gasteiger partial charge on any atom is 0.172 e. The van der Waals surface area contributed by atoms with Gasteiger partial charge in [-0.05, 0) is 24.6 Å². The highest BCUT2D eigenvalue weighted by Gasteiger charge is 2.11. The summed E-state index contributed by atoms with van der Waals surface area (Å²) in [6.07, 6.45) is 2.20. The van der Waals surface area contributed by atoms with Gasteiger partial charge in [-0.2, -0.15) is 0 Å². The first-order chi connectivity index (χ1) is 8.10. The third kappa shape index (κ3) is 3.53. The predicted octanol–water partition coefficient (Wildman–Crippen LogP) is 2.67. The van der Waals surface area contributed by atoms with Crippen molar-refractivity contribution in [3.8, 4) is 0 Å². The summed E-state index contributed by atoms with van der Waals surface area (Å²) in [6, 6.07) is 5.31. The molecule has 94 valence electrons. The van der Waals surface area contributed by atoms with Gasteiger partial charge in [-0.3, -0.25) is 0 Å². The lowest BCUT2D eigenvalue weighted by atomic mass is 10.1. The van der Waals surface area contributed by atoms with E-state index in [9.17, 15) is 0 Å². The maximum absolute atomic E-state index is 8.75. The second-order valence-corrected chi connectivity index (χ2v) is 4.36. The van der Waals surface area contributed by atoms with Crippen LogP contribution in [0.15, 0.2) is 23.4 Å². The van der Waals surface area contributed by atoms with Crippen LogP contribution in [0.25, 0.3) is 0 Å². The fourth-order valence-electron chi connectivity index (χ4n) is 1.61. The highest BCUT2D eigenvalue weighted by atomic mass is 35.5. The van der Waals surface area contributed by atoms with Crippen molar-refractivity contribution >= 4 is 23.1 Å². The molecule has 0 bridgehead atoms. The lowest BCUT2D eigenvalue weighted by Crippen LogP contribution is -2.23. The van der Waals surface area contributed by atoms with E-state index in [4.69, 9.17) is 22.5 Å². The molecule has 0 aromatic heterocycles. The number of anilines is 1. The van der Waals surface area contributed by atoms with E-state index < -0.39 is 0 Å². The van der Waals surface area contributed by atoms with Gasteiger partial charge in [-0.1, -0.05) is 30.1 Å². The van der Waals surface area contributed by atoms with Gasteiger partial charge in [0.05, 0.1) is 0 Å². The first-order valence-corrected chi connectivity index (χ1v) is 5.96. The van der Waals surface area contributed by atoms with Crippen LogP contribution in [-0.4, -0.2) is 24.6 Å². The zero-order valence-corrected chi connectivity index (χ0v) is 10.9. The van der Waals surface area contributed by atoms with E-state index in [-0.39, 0.29) is 5.84 Å². The first kappa shape index (κ1) is 13.6. The fourth-order valence-corrected chi connectivity index (χ4v) is 1.77. The summed E-state index contributed by atoms with van der Waals surface area (Å²) >= 11 is 5.97. The van der Waals surface area contributed by atoms with Crippen LogP contribution in [0.5, 0.6) is 0 Å². The van der Waals surface area contributed by atoms with Gasteiger partial charge in [0.2, 0.25) is 0 Å². The van der Waals surface area contributed by atoms with Crippen LogP contribution in [0.1, 0.15) is 25.3 Å². The summed E-state index contributed by atoms with van der Waals surface area (Å²) in [6.45, 7) is 3.04. The Labute approximate surface area is 107 Å². The van der Waals surface area contributed by atoms with Crippen molar-refractivity contribution in [3.05, 3.63) is 28.8 Å². The monoisotopic (exact) mass is 255 g/mol. The summed E-state index contributed by atoms with van der Waals surface area (Å²) in [5.74, 6) is 0.0972. The first-order valence-electron chi connectivity index (χ1n) is 5.58. The highest BCUT2D eigenvalue weighted by molar-refractivity contribution is 6.31. The van der Waals surface area contributed by atoms with Crippen molar-refractivity contribution in [1.82, 2.24) is 0 Å². The highest BCUT2D eigenvalue weighted by Crippen LogP contribution is 2.24. The summed E-state index contributed by atoms with van der Waals surface area (Å²) in [7, 11) is 1.97. The van der Waals surface area contributed by atoms with Crippen molar-refractivity contribution in [2.45, 2.75) is 19.8 Å². The van der Waals surface area contributed by atoms with E-state index in [0.29, 0.717) is 10.6 Å². The maximum atomic E-state index is 8.75. The summed E-state index contributed by atoms with van der Waals surface area (Å²) in [5, 5.41) is 12.4. The SMILES string of the molecule is CCCCN(C)c1cc(Cl)ccc1C(N)=NO. The zero-order valence-electron chi connectivity index (χ0n) is 10.2. The van der Waals surface area contributed by atoms with E-state index in [2.05, 4.69) is 17.0 Å². The minimum atomic E-state index is 0.0972. The quantitative estimate of drug-likeness (QED) is 0.368. The van der Waals surface area contributed by atoms with Crippen molar-refractivity contribution < 1.29 is 5.21 Å². The molecule has 1 aromatic rings. The molecular weight excluding hydrogens is 238 g/mol. The van der Waals surface area contributed by atoms with Gasteiger partial charge in [0.15, 0.2) is 5.84 Å². The molecule has 0 aliphatic carbocycles. The van der Waals surface area contributed by atoms with E-state index in [1.165, 1.54) is 0 Å². The number of hydrogen-bond donors (Lipinski definition) is 2. The molecule has 0 radical (unpaired) electrons. The number of halogens is 1. The molecule has 0 amide bonds. The molecule has 0 atom stereocenters. The topological polar surface area (TPSA) is 61.8 Å². The summed E-state index contributed by atoms with van der Waals surface area (Å²) in [5.41, 5.74) is 7.21. The number of oxime groups is 1. The van der Waals surface area contributed by atoms with Crippen molar-refractivity contribution in [1.29, 1.82) is 0 Å². The standard InChI is InChI=1S/C12H18ClN3O/c1-3-4-7-16(2)11-8-9(13)5-6-10(11)12(14)15-17/h5-6,8,17H,3-4,7H2,1-2H3,(H2,14,15). The van der Waals surface area contributed by atoms with Crippen molar-refractivity contribution in [2.24, 2.45) is 10.9 Å². The van der Waals surface area contributed by atoms with Gasteiger partial charge in [0, 0.05) is 29.9 Å². The minimum absolute atomic E-state index is 0.0972. The summed E-state index contributed by atoms with van der Waals surface area (Å²) < 4.78 is 0. The number of nitrogens with zero attached hydrogens (tertiary/aromatic N) is 2. The number of nitrogens with two attached hydrogens (primary N) is 1. The Kier molecular flexibility index (Phi) is 5.10. The van der Waals surface area contributed by atoms with Crippen LogP contribution in [0.3, 0.4) is 0 Å². The van der Waals surface area contributed by atoms with Crippen LogP contribution in [0.4, 0.5) is 5.69 Å². The molecule has 1 rings (SSSR count). The fraction of sp³-hybridized carbons (Fsp3) is 0.417. The van der Waals surface area contributed by atoms with Crippen LogP contribution < -0.4 is 10.6 Å². The normalized spacial score (nSPS) is 11.6. The molecule has 4 nitrogen and oxygen atoms in total. The Balaban J connectivity index is 3.06. The lowest BCUT2D eigenvalue weighted by Gasteiger charge is -2.22. The van der Waals surface area contributed by atoms with Gasteiger partial charge in [0.1, 0.15) is 0 Å². The molecule has 0 fully saturated rings. The van der Waals surface area contributed by atoms with E-state index >= 15 is 0 Å². The van der Waals surface area contributed by atoms with Crippen LogP contribution in [0.2, 0.25) is 5.02 Å². The van der Waals surface area contributed by atoms with Crippen molar-refractivity contribution in [2.75, 3.05) is 18.5 Å². The Hall–Kier alpha value is -1.42. The average Bonchev–Trinajstić information content (AvgIpc) is 2.34. The van der Waals surface area contributed by atoms with Gasteiger partial charge in [-0.15, -0.1) is 0 Å². The third-order valence-electron chi connectivity index (χ3n) is 2.60. The predicted molar refractivity (Wildman–Crippen MR) is 72.1 cm³/mol. The molecule has 0 heterocycles. The van der Waals surface area contributed by atoms with Gasteiger partial charge in [0.25, 0.3) is 0 Å². The smallest absolute Gasteiger partial charge is 0.172 e. The van der Waals surface area contributed by atoms with Crippen LogP contribution in [-0.2, 0) is 0 Å². The van der Waals surface area contributed by atoms with Crippen molar-refractivity contribution in [3.63, 3.8) is 0 Å². The number of hydrogen-bond acceptors (Lipinski definition) is 3. The average molecular weight is 256 g/mol. The Bertz CT molecular complexity index is 407. The molecule has 0 spiro atoms. The summed E-state index contributed by atoms with van der Waals surface area (Å²) in [4.78, 5) is 2.06. The van der Waals surface area contributed by atoms with E-state index in [1.807, 2.05) is 13.1 Å². The Morgan fingerprint density at radius 2 is 2.24 bits per heavy atom. The number of amidine groups is 1. The second-order valence-electron chi connectivity index (χ2n) is 3.92. The van der Waals surface area contributed by atoms with Gasteiger partial charge < -0.3 is 15.8 Å². The zero-order chi connectivity index (χ0) is 12.8. The molecule has 5 heteroatoms. The number of rotatable bonds is 5. The molecule has 1 aromatic carbocycles. The number of unbranched alkanes of at least 4 members (excludes halogenated alkanes) is 1. The van der Waals surface area contributed by atoms with E-state index in [0.717, 1.165) is 25.1 Å². The lowest BCUT2D eigenvalue weighted by molar-refractivity contribution is 0.318. The molecule has 0 aliphatic rings. The van der Waals surface area contributed by atoms with Crippen LogP contribution >= 0.6 is 11.6 Å². The Morgan fingerprint density at radius 3 is 2.82 bits per heavy atom. The van der Waals surface area contributed by atoms with Gasteiger partial charge in [-0.25, -0.2) is 0 Å². The van der Waals surface area contributed by atoms with E-state index in [1.54, 1.807) is 12.1 Å². The number of benzene rings is 1. The molecule has 0 saturated heterocycles. The largest absolute Gasteiger partial charge is 0.409 e. The third-order valence-corrected chi connectivity index (χ3v) is 2.84. The molecule has 3 N–H and O–H groups in total. The molecule has 0 unspecified atom stereocenters. The molecular formula is C12H18ClN3O. The van der Waals surface area contributed by atoms with Gasteiger partial charge >= 0.3 is 0 Å². The van der Waals surface area contributed by atoms with Crippen LogP contribution in [0, 0.1) is 0 Å². The molecule has 17 heavy (non-hydrogen) atoms. The Morgan fingerprint density at radius 1 is 1.53 bits per heavy atom. The minimum Gasteiger partial charge on any atom is -0.409 e. The second kappa shape index (κ2) is 6.35. The molecule has 0 saturated carbocycles.